The van der Waals surface area contributed by atoms with Gasteiger partial charge in [0.2, 0.25) is 5.91 Å². The maximum atomic E-state index is 12.9. The number of benzene rings is 2. The van der Waals surface area contributed by atoms with E-state index in [-0.39, 0.29) is 11.8 Å². The van der Waals surface area contributed by atoms with Gasteiger partial charge in [-0.1, -0.05) is 42.5 Å². The standard InChI is InChI=1S/C22H27N3O2/c1-23(2)12-11-21(26)24-13-15-25(16-14-24)22(27)20-10-6-9-19(17-20)18-7-4-3-5-8-18/h3-10,17H,11-16H2,1-2H3. The van der Waals surface area contributed by atoms with E-state index in [0.717, 1.165) is 17.7 Å². The topological polar surface area (TPSA) is 43.9 Å². The number of carbonyl (C=O) groups excluding carboxylic acids is 2. The molecule has 0 atom stereocenters. The summed E-state index contributed by atoms with van der Waals surface area (Å²) in [5.74, 6) is 0.204. The molecule has 2 aromatic rings. The second-order valence-corrected chi connectivity index (χ2v) is 7.17. The lowest BCUT2D eigenvalue weighted by Crippen LogP contribution is -2.50. The summed E-state index contributed by atoms with van der Waals surface area (Å²) in [6.45, 7) is 3.14. The number of rotatable bonds is 5. The summed E-state index contributed by atoms with van der Waals surface area (Å²) in [6, 6.07) is 17.8. The van der Waals surface area contributed by atoms with Crippen LogP contribution in [0.5, 0.6) is 0 Å². The average Bonchev–Trinajstić information content (AvgIpc) is 2.72. The second kappa shape index (κ2) is 8.82. The molecule has 0 unspecified atom stereocenters. The van der Waals surface area contributed by atoms with Crippen molar-refractivity contribution in [2.45, 2.75) is 6.42 Å². The predicted octanol–water partition coefficient (Wildman–Crippen LogP) is 2.59. The van der Waals surface area contributed by atoms with Crippen molar-refractivity contribution in [1.82, 2.24) is 14.7 Å². The first-order valence-electron chi connectivity index (χ1n) is 9.42. The average molecular weight is 365 g/mol. The van der Waals surface area contributed by atoms with Crippen LogP contribution < -0.4 is 0 Å². The van der Waals surface area contributed by atoms with Crippen LogP contribution >= 0.6 is 0 Å². The van der Waals surface area contributed by atoms with Crippen LogP contribution in [-0.2, 0) is 4.79 Å². The lowest BCUT2D eigenvalue weighted by Gasteiger charge is -2.35. The van der Waals surface area contributed by atoms with Crippen molar-refractivity contribution >= 4 is 11.8 Å². The van der Waals surface area contributed by atoms with Crippen LogP contribution in [0.1, 0.15) is 16.8 Å². The summed E-state index contributed by atoms with van der Waals surface area (Å²) < 4.78 is 0. The first-order chi connectivity index (χ1) is 13.0. The van der Waals surface area contributed by atoms with Gasteiger partial charge >= 0.3 is 0 Å². The van der Waals surface area contributed by atoms with Gasteiger partial charge in [0.05, 0.1) is 0 Å². The van der Waals surface area contributed by atoms with Crippen LogP contribution in [-0.4, -0.2) is 73.3 Å². The highest BCUT2D eigenvalue weighted by molar-refractivity contribution is 5.95. The Morgan fingerprint density at radius 2 is 1.48 bits per heavy atom. The Morgan fingerprint density at radius 1 is 0.852 bits per heavy atom. The Bertz CT molecular complexity index is 781. The largest absolute Gasteiger partial charge is 0.339 e. The summed E-state index contributed by atoms with van der Waals surface area (Å²) >= 11 is 0. The molecule has 2 amide bonds. The zero-order valence-corrected chi connectivity index (χ0v) is 16.1. The van der Waals surface area contributed by atoms with Gasteiger partial charge < -0.3 is 14.7 Å². The first kappa shape index (κ1) is 19.1. The molecule has 2 aromatic carbocycles. The maximum absolute atomic E-state index is 12.9. The van der Waals surface area contributed by atoms with Crippen LogP contribution in [0.3, 0.4) is 0 Å². The highest BCUT2D eigenvalue weighted by Gasteiger charge is 2.24. The van der Waals surface area contributed by atoms with E-state index in [4.69, 9.17) is 0 Å². The Morgan fingerprint density at radius 3 is 2.15 bits per heavy atom. The van der Waals surface area contributed by atoms with Gasteiger partial charge in [0, 0.05) is 44.7 Å². The fraction of sp³-hybridized carbons (Fsp3) is 0.364. The minimum Gasteiger partial charge on any atom is -0.339 e. The van der Waals surface area contributed by atoms with Gasteiger partial charge in [0.15, 0.2) is 0 Å². The van der Waals surface area contributed by atoms with Gasteiger partial charge in [0.25, 0.3) is 5.91 Å². The molecule has 5 nitrogen and oxygen atoms in total. The molecular weight excluding hydrogens is 338 g/mol. The molecule has 0 N–H and O–H groups in total. The van der Waals surface area contributed by atoms with Crippen LogP contribution in [0.2, 0.25) is 0 Å². The number of hydrogen-bond donors (Lipinski definition) is 0. The number of carbonyl (C=O) groups is 2. The molecule has 3 rings (SSSR count). The molecule has 27 heavy (non-hydrogen) atoms. The molecule has 142 valence electrons. The predicted molar refractivity (Wildman–Crippen MR) is 108 cm³/mol. The highest BCUT2D eigenvalue weighted by Crippen LogP contribution is 2.21. The lowest BCUT2D eigenvalue weighted by atomic mass is 10.0. The van der Waals surface area contributed by atoms with Crippen LogP contribution in [0.15, 0.2) is 54.6 Å². The normalized spacial score (nSPS) is 14.5. The third kappa shape index (κ3) is 4.95. The fourth-order valence-electron chi connectivity index (χ4n) is 3.28. The molecule has 0 spiro atoms. The van der Waals surface area contributed by atoms with Gasteiger partial charge in [0.1, 0.15) is 0 Å². The van der Waals surface area contributed by atoms with E-state index >= 15 is 0 Å². The van der Waals surface area contributed by atoms with Crippen LogP contribution in [0.25, 0.3) is 11.1 Å². The SMILES string of the molecule is CN(C)CCC(=O)N1CCN(C(=O)c2cccc(-c3ccccc3)c2)CC1. The molecule has 5 heteroatoms. The van der Waals surface area contributed by atoms with Crippen LogP contribution in [0, 0.1) is 0 Å². The first-order valence-corrected chi connectivity index (χ1v) is 9.42. The summed E-state index contributed by atoms with van der Waals surface area (Å²) in [6.07, 6.45) is 0.528. The fourth-order valence-corrected chi connectivity index (χ4v) is 3.28. The molecule has 1 aliphatic heterocycles. The molecule has 0 aromatic heterocycles. The van der Waals surface area contributed by atoms with Gasteiger partial charge in [-0.15, -0.1) is 0 Å². The Labute approximate surface area is 161 Å². The molecule has 0 aliphatic carbocycles. The van der Waals surface area contributed by atoms with E-state index in [1.165, 1.54) is 0 Å². The zero-order chi connectivity index (χ0) is 19.2. The van der Waals surface area contributed by atoms with Crippen molar-refractivity contribution in [2.75, 3.05) is 46.8 Å². The second-order valence-electron chi connectivity index (χ2n) is 7.17. The molecule has 1 saturated heterocycles. The number of hydrogen-bond acceptors (Lipinski definition) is 3. The van der Waals surface area contributed by atoms with Crippen molar-refractivity contribution in [3.8, 4) is 11.1 Å². The molecule has 1 fully saturated rings. The summed E-state index contributed by atoms with van der Waals surface area (Å²) in [4.78, 5) is 30.9. The van der Waals surface area contributed by atoms with E-state index in [2.05, 4.69) is 0 Å². The smallest absolute Gasteiger partial charge is 0.253 e. The van der Waals surface area contributed by atoms with Gasteiger partial charge in [-0.25, -0.2) is 0 Å². The van der Waals surface area contributed by atoms with Gasteiger partial charge in [-0.2, -0.15) is 0 Å². The number of nitrogens with zero attached hydrogens (tertiary/aromatic N) is 3. The third-order valence-corrected chi connectivity index (χ3v) is 4.91. The van der Waals surface area contributed by atoms with Crippen molar-refractivity contribution in [2.24, 2.45) is 0 Å². The monoisotopic (exact) mass is 365 g/mol. The third-order valence-electron chi connectivity index (χ3n) is 4.91. The van der Waals surface area contributed by atoms with E-state index in [9.17, 15) is 9.59 Å². The van der Waals surface area contributed by atoms with Crippen molar-refractivity contribution in [1.29, 1.82) is 0 Å². The molecule has 0 bridgehead atoms. The summed E-state index contributed by atoms with van der Waals surface area (Å²) in [7, 11) is 3.93. The number of piperazine rings is 1. The van der Waals surface area contributed by atoms with E-state index < -0.39 is 0 Å². The summed E-state index contributed by atoms with van der Waals surface area (Å²) in [5.41, 5.74) is 2.84. The maximum Gasteiger partial charge on any atom is 0.253 e. The molecule has 1 heterocycles. The molecule has 0 radical (unpaired) electrons. The summed E-state index contributed by atoms with van der Waals surface area (Å²) in [5, 5.41) is 0. The molecule has 0 saturated carbocycles. The lowest BCUT2D eigenvalue weighted by molar-refractivity contribution is -0.132. The van der Waals surface area contributed by atoms with Crippen molar-refractivity contribution in [3.63, 3.8) is 0 Å². The Hall–Kier alpha value is -2.66. The zero-order valence-electron chi connectivity index (χ0n) is 16.1. The van der Waals surface area contributed by atoms with Gasteiger partial charge in [-0.3, -0.25) is 9.59 Å². The molecular formula is C22H27N3O2. The minimum atomic E-state index is 0.0353. The van der Waals surface area contributed by atoms with Crippen molar-refractivity contribution < 1.29 is 9.59 Å². The van der Waals surface area contributed by atoms with E-state index in [1.54, 1.807) is 0 Å². The minimum absolute atomic E-state index is 0.0353. The van der Waals surface area contributed by atoms with Crippen molar-refractivity contribution in [3.05, 3.63) is 60.2 Å². The van der Waals surface area contributed by atoms with Crippen LogP contribution in [0.4, 0.5) is 0 Å². The Kier molecular flexibility index (Phi) is 6.24. The molecule has 1 aliphatic rings. The quantitative estimate of drug-likeness (QED) is 0.818. The Balaban J connectivity index is 1.60. The van der Waals surface area contributed by atoms with E-state index in [1.807, 2.05) is 83.4 Å². The highest BCUT2D eigenvalue weighted by atomic mass is 16.2. The number of amides is 2. The van der Waals surface area contributed by atoms with E-state index in [0.29, 0.717) is 38.2 Å². The van der Waals surface area contributed by atoms with Gasteiger partial charge in [-0.05, 0) is 37.4 Å².